The number of nitrogens with one attached hydrogen (secondary N) is 1. The summed E-state index contributed by atoms with van der Waals surface area (Å²) in [6, 6.07) is 28.5. The van der Waals surface area contributed by atoms with Crippen LogP contribution < -0.4 is 9.62 Å². The van der Waals surface area contributed by atoms with Crippen LogP contribution in [0.25, 0.3) is 0 Å². The van der Waals surface area contributed by atoms with Gasteiger partial charge < -0.3 is 10.2 Å². The van der Waals surface area contributed by atoms with Gasteiger partial charge in [0, 0.05) is 18.5 Å². The maximum atomic E-state index is 14.7. The van der Waals surface area contributed by atoms with Crippen molar-refractivity contribution in [3.8, 4) is 0 Å². The quantitative estimate of drug-likeness (QED) is 0.199. The third-order valence-corrected chi connectivity index (χ3v) is 9.75. The van der Waals surface area contributed by atoms with E-state index in [4.69, 9.17) is 0 Å². The van der Waals surface area contributed by atoms with Gasteiger partial charge in [-0.15, -0.1) is 0 Å². The molecule has 8 heteroatoms. The average molecular weight is 640 g/mol. The molecule has 0 saturated carbocycles. The molecule has 46 heavy (non-hydrogen) atoms. The van der Waals surface area contributed by atoms with Crippen LogP contribution in [0.15, 0.2) is 102 Å². The van der Waals surface area contributed by atoms with Crippen molar-refractivity contribution >= 4 is 27.5 Å². The second kappa shape index (κ2) is 14.3. The van der Waals surface area contributed by atoms with Crippen molar-refractivity contribution in [3.63, 3.8) is 0 Å². The molecule has 0 spiro atoms. The van der Waals surface area contributed by atoms with Crippen molar-refractivity contribution in [2.45, 2.75) is 77.9 Å². The smallest absolute Gasteiger partial charge is 0.264 e. The highest BCUT2D eigenvalue weighted by Gasteiger charge is 2.36. The fraction of sp³-hybridized carbons (Fsp3) is 0.316. The highest BCUT2D eigenvalue weighted by atomic mass is 32.2. The number of nitrogens with zero attached hydrogens (tertiary/aromatic N) is 2. The second-order valence-corrected chi connectivity index (χ2v) is 14.9. The molecule has 7 nitrogen and oxygen atoms in total. The molecule has 0 heterocycles. The molecule has 2 amide bonds. The van der Waals surface area contributed by atoms with Gasteiger partial charge in [0.05, 0.1) is 10.6 Å². The van der Waals surface area contributed by atoms with Gasteiger partial charge in [-0.25, -0.2) is 8.42 Å². The molecule has 242 valence electrons. The van der Waals surface area contributed by atoms with E-state index in [0.29, 0.717) is 5.69 Å². The number of carbonyl (C=O) groups excluding carboxylic acids is 2. The summed E-state index contributed by atoms with van der Waals surface area (Å²) in [6.45, 7) is 13.0. The van der Waals surface area contributed by atoms with Gasteiger partial charge in [0.15, 0.2) is 0 Å². The van der Waals surface area contributed by atoms with Crippen LogP contribution in [0.2, 0.25) is 0 Å². The van der Waals surface area contributed by atoms with Crippen LogP contribution in [0.3, 0.4) is 0 Å². The number of anilines is 1. The van der Waals surface area contributed by atoms with Crippen molar-refractivity contribution < 1.29 is 18.0 Å². The Morgan fingerprint density at radius 3 is 1.91 bits per heavy atom. The summed E-state index contributed by atoms with van der Waals surface area (Å²) in [5.74, 6) is -0.793. The SMILES string of the molecule is Cc1ccc(CN(C(=O)CN(c2cccc(C)c2C)S(=O)(=O)c2ccc(C)cc2)[C@@H](Cc2ccccc2)C(=O)NC(C)(C)C)cc1. The highest BCUT2D eigenvalue weighted by Crippen LogP contribution is 2.29. The van der Waals surface area contributed by atoms with Crippen LogP contribution in [0.4, 0.5) is 5.69 Å². The minimum Gasteiger partial charge on any atom is -0.350 e. The zero-order chi connectivity index (χ0) is 33.6. The minimum atomic E-state index is -4.17. The number of hydrogen-bond acceptors (Lipinski definition) is 4. The standard InChI is InChI=1S/C38H45N3O4S/c1-27-16-20-32(21-17-27)25-40(35(37(43)39-38(5,6)7)24-31-13-9-8-10-14-31)36(42)26-41(34-15-11-12-29(3)30(34)4)46(44,45)33-22-18-28(2)19-23-33/h8-23,35H,24-26H2,1-7H3,(H,39,43)/t35-/m0/s1. The molecule has 0 aliphatic heterocycles. The van der Waals surface area contributed by atoms with Crippen molar-refractivity contribution in [1.29, 1.82) is 0 Å². The van der Waals surface area contributed by atoms with Gasteiger partial charge in [-0.05, 0) is 88.9 Å². The topological polar surface area (TPSA) is 86.8 Å². The number of carbonyl (C=O) groups is 2. The first-order chi connectivity index (χ1) is 21.7. The Morgan fingerprint density at radius 2 is 1.33 bits per heavy atom. The van der Waals surface area contributed by atoms with Gasteiger partial charge in [-0.2, -0.15) is 0 Å². The Morgan fingerprint density at radius 1 is 0.739 bits per heavy atom. The summed E-state index contributed by atoms with van der Waals surface area (Å²) in [7, 11) is -4.17. The predicted molar refractivity (Wildman–Crippen MR) is 185 cm³/mol. The second-order valence-electron chi connectivity index (χ2n) is 13.0. The van der Waals surface area contributed by atoms with Crippen LogP contribution >= 0.6 is 0 Å². The van der Waals surface area contributed by atoms with Crippen LogP contribution in [-0.2, 0) is 32.6 Å². The normalized spacial score (nSPS) is 12.3. The van der Waals surface area contributed by atoms with E-state index in [1.165, 1.54) is 9.21 Å². The van der Waals surface area contributed by atoms with E-state index in [1.807, 2.05) is 109 Å². The van der Waals surface area contributed by atoms with E-state index < -0.39 is 34.1 Å². The zero-order valence-corrected chi connectivity index (χ0v) is 28.7. The fourth-order valence-electron chi connectivity index (χ4n) is 5.25. The number of rotatable bonds is 11. The molecule has 1 atom stereocenters. The molecule has 0 bridgehead atoms. The lowest BCUT2D eigenvalue weighted by Gasteiger charge is -2.35. The molecule has 4 aromatic carbocycles. The summed E-state index contributed by atoms with van der Waals surface area (Å²) in [4.78, 5) is 30.3. The van der Waals surface area contributed by atoms with Crippen molar-refractivity contribution in [2.24, 2.45) is 0 Å². The molecular formula is C38H45N3O4S. The summed E-state index contributed by atoms with van der Waals surface area (Å²) >= 11 is 0. The molecule has 4 rings (SSSR count). The van der Waals surface area contributed by atoms with E-state index in [0.717, 1.165) is 33.4 Å². The number of aryl methyl sites for hydroxylation is 3. The maximum absolute atomic E-state index is 14.7. The summed E-state index contributed by atoms with van der Waals surface area (Å²) < 4.78 is 29.8. The molecule has 0 aromatic heterocycles. The third kappa shape index (κ3) is 8.63. The number of sulfonamides is 1. The third-order valence-electron chi connectivity index (χ3n) is 7.98. The Kier molecular flexibility index (Phi) is 10.7. The molecular weight excluding hydrogens is 595 g/mol. The number of benzene rings is 4. The first-order valence-electron chi connectivity index (χ1n) is 15.5. The Balaban J connectivity index is 1.84. The van der Waals surface area contributed by atoms with Crippen LogP contribution in [0, 0.1) is 27.7 Å². The molecule has 0 saturated heterocycles. The van der Waals surface area contributed by atoms with E-state index in [-0.39, 0.29) is 23.8 Å². The fourth-order valence-corrected chi connectivity index (χ4v) is 6.73. The van der Waals surface area contributed by atoms with Crippen LogP contribution in [-0.4, -0.2) is 43.3 Å². The first kappa shape index (κ1) is 34.4. The van der Waals surface area contributed by atoms with E-state index in [1.54, 1.807) is 36.4 Å². The zero-order valence-electron chi connectivity index (χ0n) is 27.9. The lowest BCUT2D eigenvalue weighted by Crippen LogP contribution is -2.56. The predicted octanol–water partition coefficient (Wildman–Crippen LogP) is 6.67. The Hall–Kier alpha value is -4.43. The van der Waals surface area contributed by atoms with Gasteiger partial charge in [0.25, 0.3) is 10.0 Å². The first-order valence-corrected chi connectivity index (χ1v) is 17.0. The van der Waals surface area contributed by atoms with Crippen molar-refractivity contribution in [3.05, 3.63) is 130 Å². The summed E-state index contributed by atoms with van der Waals surface area (Å²) in [5.41, 5.74) is 5.23. The Labute approximate surface area is 274 Å². The van der Waals surface area contributed by atoms with E-state index in [2.05, 4.69) is 5.32 Å². The van der Waals surface area contributed by atoms with Gasteiger partial charge in [-0.3, -0.25) is 13.9 Å². The largest absolute Gasteiger partial charge is 0.350 e. The molecule has 0 unspecified atom stereocenters. The van der Waals surface area contributed by atoms with E-state index in [9.17, 15) is 18.0 Å². The van der Waals surface area contributed by atoms with Gasteiger partial charge >= 0.3 is 0 Å². The summed E-state index contributed by atoms with van der Waals surface area (Å²) in [6.07, 6.45) is 0.258. The average Bonchev–Trinajstić information content (AvgIpc) is 3.00. The molecule has 1 N–H and O–H groups in total. The van der Waals surface area contributed by atoms with Crippen molar-refractivity contribution in [2.75, 3.05) is 10.8 Å². The molecule has 0 aliphatic rings. The van der Waals surface area contributed by atoms with Gasteiger partial charge in [0.1, 0.15) is 12.6 Å². The molecule has 4 aromatic rings. The maximum Gasteiger partial charge on any atom is 0.264 e. The molecule has 0 aliphatic carbocycles. The lowest BCUT2D eigenvalue weighted by atomic mass is 10.0. The minimum absolute atomic E-state index is 0.0863. The van der Waals surface area contributed by atoms with Crippen LogP contribution in [0.5, 0.6) is 0 Å². The van der Waals surface area contributed by atoms with E-state index >= 15 is 0 Å². The van der Waals surface area contributed by atoms with Crippen LogP contribution in [0.1, 0.15) is 54.2 Å². The Bertz CT molecular complexity index is 1760. The number of amides is 2. The van der Waals surface area contributed by atoms with Gasteiger partial charge in [-0.1, -0.05) is 90.0 Å². The monoisotopic (exact) mass is 639 g/mol. The van der Waals surface area contributed by atoms with Gasteiger partial charge in [0.2, 0.25) is 11.8 Å². The molecule has 0 fully saturated rings. The lowest BCUT2D eigenvalue weighted by molar-refractivity contribution is -0.140. The van der Waals surface area contributed by atoms with Crippen molar-refractivity contribution in [1.82, 2.24) is 10.2 Å². The molecule has 0 radical (unpaired) electrons. The number of hydrogen-bond donors (Lipinski definition) is 1. The summed E-state index contributed by atoms with van der Waals surface area (Å²) in [5, 5.41) is 3.07. The highest BCUT2D eigenvalue weighted by molar-refractivity contribution is 7.92.